The molecule has 1 N–H and O–H groups in total. The Morgan fingerprint density at radius 3 is 2.71 bits per heavy atom. The van der Waals surface area contributed by atoms with E-state index >= 15 is 0 Å². The van der Waals surface area contributed by atoms with Crippen LogP contribution in [0, 0.1) is 0 Å². The van der Waals surface area contributed by atoms with Gasteiger partial charge >= 0.3 is 0 Å². The molecule has 0 aromatic carbocycles. The van der Waals surface area contributed by atoms with Crippen LogP contribution in [0.4, 0.5) is 0 Å². The first-order valence-corrected chi connectivity index (χ1v) is 8.49. The van der Waals surface area contributed by atoms with Crippen LogP contribution in [-0.4, -0.2) is 23.6 Å². The molecule has 1 aromatic heterocycles. The molecule has 0 amide bonds. The van der Waals surface area contributed by atoms with Crippen LogP contribution in [0.15, 0.2) is 12.1 Å². The zero-order valence-electron chi connectivity index (χ0n) is 10.8. The summed E-state index contributed by atoms with van der Waals surface area (Å²) in [5, 5.41) is 4.32. The minimum absolute atomic E-state index is 0.564. The van der Waals surface area contributed by atoms with Crippen molar-refractivity contribution >= 4 is 34.7 Å². The standard InChI is InChI=1S/C13H22ClNS2/c1-4-10(3)16-9-11(15-5-2)8-12-6-7-13(14)17-12/h6-7,10-11,15H,4-5,8-9H2,1-3H3. The molecule has 1 rings (SSSR count). The molecule has 0 aliphatic carbocycles. The van der Waals surface area contributed by atoms with Crippen LogP contribution >= 0.6 is 34.7 Å². The highest BCUT2D eigenvalue weighted by atomic mass is 35.5. The molecule has 1 nitrogen and oxygen atoms in total. The van der Waals surface area contributed by atoms with Crippen molar-refractivity contribution < 1.29 is 0 Å². The first-order chi connectivity index (χ1) is 8.15. The summed E-state index contributed by atoms with van der Waals surface area (Å²) >= 11 is 9.72. The Morgan fingerprint density at radius 1 is 1.41 bits per heavy atom. The van der Waals surface area contributed by atoms with Gasteiger partial charge in [-0.25, -0.2) is 0 Å². The first-order valence-electron chi connectivity index (χ1n) is 6.24. The van der Waals surface area contributed by atoms with Gasteiger partial charge in [-0.2, -0.15) is 11.8 Å². The van der Waals surface area contributed by atoms with E-state index in [0.29, 0.717) is 6.04 Å². The predicted molar refractivity (Wildman–Crippen MR) is 82.7 cm³/mol. The fourth-order valence-corrected chi connectivity index (χ4v) is 3.78. The highest BCUT2D eigenvalue weighted by molar-refractivity contribution is 7.99. The molecule has 0 saturated heterocycles. The second-order valence-electron chi connectivity index (χ2n) is 4.22. The number of nitrogens with one attached hydrogen (secondary N) is 1. The number of halogens is 1. The summed E-state index contributed by atoms with van der Waals surface area (Å²) in [6, 6.07) is 4.70. The number of rotatable bonds is 8. The summed E-state index contributed by atoms with van der Waals surface area (Å²) in [6.45, 7) is 7.75. The molecule has 0 fully saturated rings. The highest BCUT2D eigenvalue weighted by Gasteiger charge is 2.11. The molecule has 0 aliphatic rings. The number of likely N-dealkylation sites (N-methyl/N-ethyl adjacent to an activating group) is 1. The Balaban J connectivity index is 2.42. The molecule has 0 bridgehead atoms. The largest absolute Gasteiger partial charge is 0.313 e. The van der Waals surface area contributed by atoms with Crippen molar-refractivity contribution in [2.24, 2.45) is 0 Å². The smallest absolute Gasteiger partial charge is 0.0931 e. The minimum atomic E-state index is 0.564. The highest BCUT2D eigenvalue weighted by Crippen LogP contribution is 2.24. The predicted octanol–water partition coefficient (Wildman–Crippen LogP) is 4.45. The van der Waals surface area contributed by atoms with Crippen molar-refractivity contribution in [2.45, 2.75) is 44.9 Å². The zero-order chi connectivity index (χ0) is 12.7. The monoisotopic (exact) mass is 291 g/mol. The van der Waals surface area contributed by atoms with E-state index in [9.17, 15) is 0 Å². The third kappa shape index (κ3) is 6.14. The van der Waals surface area contributed by atoms with Crippen LogP contribution in [0.3, 0.4) is 0 Å². The molecule has 98 valence electrons. The van der Waals surface area contributed by atoms with E-state index in [2.05, 4.69) is 43.9 Å². The third-order valence-electron chi connectivity index (χ3n) is 2.73. The number of thiophene rings is 1. The lowest BCUT2D eigenvalue weighted by molar-refractivity contribution is 0.575. The van der Waals surface area contributed by atoms with Crippen molar-refractivity contribution in [1.82, 2.24) is 5.32 Å². The lowest BCUT2D eigenvalue weighted by atomic mass is 10.2. The van der Waals surface area contributed by atoms with Gasteiger partial charge in [0.05, 0.1) is 4.34 Å². The SMILES string of the molecule is CCNC(CSC(C)CC)Cc1ccc(Cl)s1. The molecule has 0 aliphatic heterocycles. The quantitative estimate of drug-likeness (QED) is 0.759. The maximum absolute atomic E-state index is 5.96. The van der Waals surface area contributed by atoms with E-state index in [0.717, 1.165) is 22.6 Å². The normalized spacial score (nSPS) is 14.8. The maximum Gasteiger partial charge on any atom is 0.0931 e. The summed E-state index contributed by atoms with van der Waals surface area (Å²) in [5.74, 6) is 1.18. The van der Waals surface area contributed by atoms with E-state index in [1.807, 2.05) is 6.07 Å². The fourth-order valence-electron chi connectivity index (χ4n) is 1.58. The molecular weight excluding hydrogens is 270 g/mol. The molecule has 1 aromatic rings. The van der Waals surface area contributed by atoms with Gasteiger partial charge in [-0.1, -0.05) is 32.4 Å². The molecule has 2 atom stereocenters. The average molecular weight is 292 g/mol. The van der Waals surface area contributed by atoms with Crippen LogP contribution in [0.5, 0.6) is 0 Å². The van der Waals surface area contributed by atoms with Crippen LogP contribution in [0.2, 0.25) is 4.34 Å². The van der Waals surface area contributed by atoms with E-state index in [1.165, 1.54) is 17.1 Å². The molecule has 17 heavy (non-hydrogen) atoms. The summed E-state index contributed by atoms with van der Waals surface area (Å²) in [6.07, 6.45) is 2.34. The third-order valence-corrected chi connectivity index (χ3v) is 5.48. The van der Waals surface area contributed by atoms with Gasteiger partial charge in [-0.3, -0.25) is 0 Å². The second kappa shape index (κ2) is 8.41. The Hall–Kier alpha value is 0.300. The van der Waals surface area contributed by atoms with Crippen molar-refractivity contribution in [3.63, 3.8) is 0 Å². The molecular formula is C13H22ClNS2. The average Bonchev–Trinajstić information content (AvgIpc) is 2.71. The Kier molecular flexibility index (Phi) is 7.60. The summed E-state index contributed by atoms with van der Waals surface area (Å²) in [7, 11) is 0. The fraction of sp³-hybridized carbons (Fsp3) is 0.692. The van der Waals surface area contributed by atoms with Crippen LogP contribution in [0.1, 0.15) is 32.1 Å². The second-order valence-corrected chi connectivity index (χ2v) is 7.49. The van der Waals surface area contributed by atoms with Crippen LogP contribution in [-0.2, 0) is 6.42 Å². The summed E-state index contributed by atoms with van der Waals surface area (Å²) in [4.78, 5) is 1.38. The van der Waals surface area contributed by atoms with E-state index < -0.39 is 0 Å². The van der Waals surface area contributed by atoms with Crippen LogP contribution in [0.25, 0.3) is 0 Å². The Labute approximate surface area is 118 Å². The maximum atomic E-state index is 5.96. The Morgan fingerprint density at radius 2 is 2.18 bits per heavy atom. The number of hydrogen-bond donors (Lipinski definition) is 1. The van der Waals surface area contributed by atoms with Gasteiger partial charge in [0.25, 0.3) is 0 Å². The molecule has 1 heterocycles. The van der Waals surface area contributed by atoms with Gasteiger partial charge in [0.1, 0.15) is 0 Å². The van der Waals surface area contributed by atoms with E-state index in [1.54, 1.807) is 11.3 Å². The van der Waals surface area contributed by atoms with Gasteiger partial charge in [-0.05, 0) is 31.5 Å². The summed E-state index contributed by atoms with van der Waals surface area (Å²) in [5.41, 5.74) is 0. The minimum Gasteiger partial charge on any atom is -0.313 e. The van der Waals surface area contributed by atoms with E-state index in [-0.39, 0.29) is 0 Å². The van der Waals surface area contributed by atoms with Gasteiger partial charge in [-0.15, -0.1) is 11.3 Å². The van der Waals surface area contributed by atoms with Gasteiger partial charge in [0, 0.05) is 21.9 Å². The molecule has 2 unspecified atom stereocenters. The molecule has 0 saturated carbocycles. The molecule has 0 spiro atoms. The number of thioether (sulfide) groups is 1. The first kappa shape index (κ1) is 15.4. The van der Waals surface area contributed by atoms with Gasteiger partial charge in [0.2, 0.25) is 0 Å². The van der Waals surface area contributed by atoms with E-state index in [4.69, 9.17) is 11.6 Å². The van der Waals surface area contributed by atoms with Crippen molar-refractivity contribution in [2.75, 3.05) is 12.3 Å². The van der Waals surface area contributed by atoms with Crippen molar-refractivity contribution in [3.05, 3.63) is 21.3 Å². The Bertz CT molecular complexity index is 314. The number of hydrogen-bond acceptors (Lipinski definition) is 3. The van der Waals surface area contributed by atoms with Crippen molar-refractivity contribution in [1.29, 1.82) is 0 Å². The zero-order valence-corrected chi connectivity index (χ0v) is 13.2. The lowest BCUT2D eigenvalue weighted by Crippen LogP contribution is -2.33. The topological polar surface area (TPSA) is 12.0 Å². The van der Waals surface area contributed by atoms with Gasteiger partial charge < -0.3 is 5.32 Å². The molecule has 0 radical (unpaired) electrons. The summed E-state index contributed by atoms with van der Waals surface area (Å²) < 4.78 is 0.893. The lowest BCUT2D eigenvalue weighted by Gasteiger charge is -2.18. The van der Waals surface area contributed by atoms with Crippen LogP contribution < -0.4 is 5.32 Å². The van der Waals surface area contributed by atoms with Gasteiger partial charge in [0.15, 0.2) is 0 Å². The van der Waals surface area contributed by atoms with Crippen molar-refractivity contribution in [3.8, 4) is 0 Å². The molecule has 4 heteroatoms.